The number of fused-ring (bicyclic) bond motifs is 1. The lowest BCUT2D eigenvalue weighted by atomic mass is 9.94. The molecule has 46 heavy (non-hydrogen) atoms. The Morgan fingerprint density at radius 1 is 0.870 bits per heavy atom. The highest BCUT2D eigenvalue weighted by Gasteiger charge is 2.29. The zero-order chi connectivity index (χ0) is 32.5. The summed E-state index contributed by atoms with van der Waals surface area (Å²) in [6.07, 6.45) is 4.98. The van der Waals surface area contributed by atoms with E-state index in [1.54, 1.807) is 12.0 Å². The maximum absolute atomic E-state index is 13.3. The van der Waals surface area contributed by atoms with Crippen molar-refractivity contribution in [2.75, 3.05) is 39.9 Å². The number of amides is 2. The lowest BCUT2D eigenvalue weighted by Crippen LogP contribution is -2.53. The van der Waals surface area contributed by atoms with Crippen LogP contribution in [0.1, 0.15) is 73.5 Å². The van der Waals surface area contributed by atoms with Gasteiger partial charge in [0.15, 0.2) is 0 Å². The fourth-order valence-electron chi connectivity index (χ4n) is 6.71. The Morgan fingerprint density at radius 3 is 2.26 bits per heavy atom. The van der Waals surface area contributed by atoms with E-state index < -0.39 is 6.10 Å². The van der Waals surface area contributed by atoms with Gasteiger partial charge in [-0.2, -0.15) is 0 Å². The van der Waals surface area contributed by atoms with Crippen molar-refractivity contribution in [1.82, 2.24) is 14.4 Å². The molecule has 244 valence electrons. The fraction of sp³-hybridized carbons (Fsp3) is 0.436. The number of methoxy groups -OCH3 is 1. The lowest BCUT2D eigenvalue weighted by Gasteiger charge is -2.35. The molecule has 0 spiro atoms. The molecule has 2 aliphatic heterocycles. The standard InChI is InChI=1S/C37H43N3O4.C2H6/c1-44-22-6-21-40-34-10-3-2-8-31(34)23-35(40)32-9-5-20-38(24-32)36(42)11-4-7-27-12-14-28(15-13-27)29-16-18-30(19-17-29)37(43)39-25-33(41)26-39;1-2/h2-3,8,10,12-19,23,32-33,41H,4-7,9,11,20-22,24-26H2,1H3;1-2H3. The van der Waals surface area contributed by atoms with Gasteiger partial charge in [-0.05, 0) is 78.4 Å². The van der Waals surface area contributed by atoms with Gasteiger partial charge in [-0.25, -0.2) is 0 Å². The van der Waals surface area contributed by atoms with Crippen LogP contribution in [0.2, 0.25) is 0 Å². The second kappa shape index (κ2) is 16.1. The highest BCUT2D eigenvalue weighted by atomic mass is 16.5. The number of nitrogens with zero attached hydrogens (tertiary/aromatic N) is 3. The Labute approximate surface area is 273 Å². The van der Waals surface area contributed by atoms with Crippen molar-refractivity contribution >= 4 is 22.7 Å². The number of aromatic nitrogens is 1. The van der Waals surface area contributed by atoms with Gasteiger partial charge in [0.2, 0.25) is 5.91 Å². The second-order valence-corrected chi connectivity index (χ2v) is 12.3. The Balaban J connectivity index is 0.00000204. The summed E-state index contributed by atoms with van der Waals surface area (Å²) in [6, 6.07) is 27.1. The van der Waals surface area contributed by atoms with Crippen molar-refractivity contribution in [3.05, 3.63) is 95.7 Å². The van der Waals surface area contributed by atoms with Crippen LogP contribution in [0.3, 0.4) is 0 Å². The lowest BCUT2D eigenvalue weighted by molar-refractivity contribution is -0.132. The molecule has 0 saturated carbocycles. The van der Waals surface area contributed by atoms with E-state index in [1.165, 1.54) is 22.2 Å². The predicted octanol–water partition coefficient (Wildman–Crippen LogP) is 6.92. The number of carbonyl (C=O) groups is 2. The molecule has 1 aromatic heterocycles. The topological polar surface area (TPSA) is 75.0 Å². The van der Waals surface area contributed by atoms with Crippen LogP contribution in [-0.2, 0) is 22.5 Å². The quantitative estimate of drug-likeness (QED) is 0.184. The van der Waals surface area contributed by atoms with Gasteiger partial charge >= 0.3 is 0 Å². The minimum Gasteiger partial charge on any atom is -0.389 e. The summed E-state index contributed by atoms with van der Waals surface area (Å²) in [6.45, 7) is 8.12. The molecule has 3 aromatic carbocycles. The average molecular weight is 624 g/mol. The number of aryl methyl sites for hydroxylation is 2. The van der Waals surface area contributed by atoms with Crippen LogP contribution in [0, 0.1) is 0 Å². The van der Waals surface area contributed by atoms with E-state index in [2.05, 4.69) is 64.1 Å². The van der Waals surface area contributed by atoms with Gasteiger partial charge in [0, 0.05) is 75.6 Å². The molecule has 0 radical (unpaired) electrons. The summed E-state index contributed by atoms with van der Waals surface area (Å²) in [5.41, 5.74) is 6.64. The van der Waals surface area contributed by atoms with Gasteiger partial charge in [0.1, 0.15) is 0 Å². The number of β-amino-alcohol motifs (C(OH)–C–C–N with tert-alkyl or cyclic N) is 1. The predicted molar refractivity (Wildman–Crippen MR) is 185 cm³/mol. The van der Waals surface area contributed by atoms with Crippen LogP contribution in [-0.4, -0.2) is 77.3 Å². The van der Waals surface area contributed by atoms with Crippen LogP contribution in [0.4, 0.5) is 0 Å². The zero-order valence-corrected chi connectivity index (χ0v) is 27.7. The smallest absolute Gasteiger partial charge is 0.254 e. The van der Waals surface area contributed by atoms with E-state index in [0.29, 0.717) is 31.0 Å². The van der Waals surface area contributed by atoms with Gasteiger partial charge in [0.05, 0.1) is 6.10 Å². The van der Waals surface area contributed by atoms with Crippen LogP contribution in [0.25, 0.3) is 22.0 Å². The molecule has 1 N–H and O–H groups in total. The van der Waals surface area contributed by atoms with E-state index in [0.717, 1.165) is 69.5 Å². The molecule has 2 fully saturated rings. The maximum Gasteiger partial charge on any atom is 0.254 e. The van der Waals surface area contributed by atoms with Crippen molar-refractivity contribution in [2.45, 2.75) is 70.9 Å². The zero-order valence-electron chi connectivity index (χ0n) is 27.7. The monoisotopic (exact) mass is 623 g/mol. The SMILES string of the molecule is CC.COCCCn1c(C2CCCN(C(=O)CCCc3ccc(-c4ccc(C(=O)N5CC(O)C5)cc4)cc3)C2)cc2ccccc21. The molecule has 7 heteroatoms. The third kappa shape index (κ3) is 7.88. The number of para-hydroxylation sites is 1. The van der Waals surface area contributed by atoms with Crippen molar-refractivity contribution in [1.29, 1.82) is 0 Å². The molecule has 2 aliphatic rings. The number of aliphatic hydroxyl groups excluding tert-OH is 1. The first-order chi connectivity index (χ1) is 22.5. The first-order valence-corrected chi connectivity index (χ1v) is 17.0. The highest BCUT2D eigenvalue weighted by Crippen LogP contribution is 2.32. The summed E-state index contributed by atoms with van der Waals surface area (Å²) in [7, 11) is 1.75. The van der Waals surface area contributed by atoms with E-state index in [4.69, 9.17) is 4.74 Å². The molecule has 6 rings (SSSR count). The molecule has 0 aliphatic carbocycles. The summed E-state index contributed by atoms with van der Waals surface area (Å²) in [5.74, 6) is 0.578. The summed E-state index contributed by atoms with van der Waals surface area (Å²) in [5, 5.41) is 10.7. The number of benzene rings is 3. The molecule has 0 bridgehead atoms. The van der Waals surface area contributed by atoms with Gasteiger partial charge in [-0.3, -0.25) is 9.59 Å². The Bertz CT molecular complexity index is 1570. The minimum atomic E-state index is -0.395. The van der Waals surface area contributed by atoms with Crippen LogP contribution in [0.5, 0.6) is 0 Å². The summed E-state index contributed by atoms with van der Waals surface area (Å²) >= 11 is 0. The van der Waals surface area contributed by atoms with Crippen LogP contribution >= 0.6 is 0 Å². The molecule has 2 amide bonds. The maximum atomic E-state index is 13.3. The van der Waals surface area contributed by atoms with E-state index in [-0.39, 0.29) is 11.8 Å². The van der Waals surface area contributed by atoms with Crippen LogP contribution < -0.4 is 0 Å². The van der Waals surface area contributed by atoms with Gasteiger partial charge in [0.25, 0.3) is 5.91 Å². The third-order valence-corrected chi connectivity index (χ3v) is 9.19. The number of aliphatic hydroxyl groups is 1. The van der Waals surface area contributed by atoms with E-state index in [1.807, 2.05) is 38.1 Å². The van der Waals surface area contributed by atoms with Crippen molar-refractivity contribution < 1.29 is 19.4 Å². The van der Waals surface area contributed by atoms with Crippen LogP contribution in [0.15, 0.2) is 78.9 Å². The minimum absolute atomic E-state index is 0.0343. The highest BCUT2D eigenvalue weighted by molar-refractivity contribution is 5.95. The normalized spacial score (nSPS) is 16.6. The van der Waals surface area contributed by atoms with Crippen molar-refractivity contribution in [3.8, 4) is 11.1 Å². The number of rotatable bonds is 11. The van der Waals surface area contributed by atoms with Crippen molar-refractivity contribution in [2.24, 2.45) is 0 Å². The number of likely N-dealkylation sites (tertiary alicyclic amines) is 2. The molecule has 4 aromatic rings. The number of carbonyl (C=O) groups excluding carboxylic acids is 2. The van der Waals surface area contributed by atoms with Gasteiger partial charge in [-0.1, -0.05) is 68.4 Å². The number of hydrogen-bond acceptors (Lipinski definition) is 4. The van der Waals surface area contributed by atoms with E-state index >= 15 is 0 Å². The molecular formula is C39H49N3O4. The Kier molecular flexibility index (Phi) is 11.7. The Hall–Kier alpha value is -3.94. The van der Waals surface area contributed by atoms with Crippen molar-refractivity contribution in [3.63, 3.8) is 0 Å². The fourth-order valence-corrected chi connectivity index (χ4v) is 6.71. The number of ether oxygens (including phenoxy) is 1. The number of piperidine rings is 1. The Morgan fingerprint density at radius 2 is 1.57 bits per heavy atom. The van der Waals surface area contributed by atoms with E-state index in [9.17, 15) is 14.7 Å². The summed E-state index contributed by atoms with van der Waals surface area (Å²) < 4.78 is 7.77. The van der Waals surface area contributed by atoms with Gasteiger partial charge < -0.3 is 24.2 Å². The first kappa shape index (κ1) is 33.4. The summed E-state index contributed by atoms with van der Waals surface area (Å²) in [4.78, 5) is 29.5. The molecule has 7 nitrogen and oxygen atoms in total. The first-order valence-electron chi connectivity index (χ1n) is 17.0. The largest absolute Gasteiger partial charge is 0.389 e. The molecule has 2 saturated heterocycles. The number of hydrogen-bond donors (Lipinski definition) is 1. The second-order valence-electron chi connectivity index (χ2n) is 12.3. The third-order valence-electron chi connectivity index (χ3n) is 9.19. The molecule has 1 unspecified atom stereocenters. The average Bonchev–Trinajstić information content (AvgIpc) is 3.46. The molecular weight excluding hydrogens is 574 g/mol. The molecule has 1 atom stereocenters. The molecule has 3 heterocycles. The van der Waals surface area contributed by atoms with Gasteiger partial charge in [-0.15, -0.1) is 0 Å².